The number of hydrogen-bond donors (Lipinski definition) is 0. The fourth-order valence-corrected chi connectivity index (χ4v) is 223. The van der Waals surface area contributed by atoms with Crippen LogP contribution in [0.3, 0.4) is 0 Å². The second kappa shape index (κ2) is 4.83. The van der Waals surface area contributed by atoms with E-state index in [9.17, 15) is 0 Å². The van der Waals surface area contributed by atoms with Crippen molar-refractivity contribution < 1.29 is 0 Å². The Morgan fingerprint density at radius 3 is 2.73 bits per heavy atom. The Hall–Kier alpha value is 1.74. The predicted octanol–water partition coefficient (Wildman–Crippen LogP) is -5.56. The third-order valence-electron chi connectivity index (χ3n) is 3.57. The minimum Gasteiger partial charge on any atom is -0.0772 e. The largest absolute Gasteiger partial charge is 0.0772 e. The van der Waals surface area contributed by atoms with Crippen LogP contribution in [0.25, 0.3) is 0 Å². The Morgan fingerprint density at radius 2 is 2.09 bits per heavy atom. The fourth-order valence-electron chi connectivity index (χ4n) is 2.10. The van der Waals surface area contributed by atoms with Gasteiger partial charge in [-0.3, -0.25) is 0 Å². The van der Waals surface area contributed by atoms with Crippen molar-refractivity contribution in [3.63, 3.8) is 0 Å². The van der Waals surface area contributed by atoms with Crippen LogP contribution >= 0.6 is 0 Å². The van der Waals surface area contributed by atoms with E-state index in [1.165, 1.54) is 0 Å². The molecule has 2 unspecified atom stereocenters. The molecule has 0 aromatic heterocycles. The first-order valence-corrected chi connectivity index (χ1v) is 30.8. The van der Waals surface area contributed by atoms with Gasteiger partial charge in [0.15, 0.2) is 0 Å². The topological polar surface area (TPSA) is 0 Å². The SMILES string of the molecule is C[SiH2][Si]1(C)[SiH2][SiH2][SiH2]C([SiH3])[SiH2][SiH2]1. The average Bonchev–Trinajstić information content (AvgIpc) is 2.15. The van der Waals surface area contributed by atoms with Gasteiger partial charge in [-0.1, -0.05) is 17.9 Å². The summed E-state index contributed by atoms with van der Waals surface area (Å²) in [4.78, 5) is 1.62. The molecule has 1 aliphatic heterocycles. The first-order valence-electron chi connectivity index (χ1n) is 5.16. The highest BCUT2D eigenvalue weighted by molar-refractivity contribution is 7.85. The molecule has 1 fully saturated rings. The van der Waals surface area contributed by atoms with Gasteiger partial charge in [0, 0.05) is 33.7 Å². The molecule has 11 heavy (non-hydrogen) atoms. The van der Waals surface area contributed by atoms with E-state index < -0.39 is 0 Å². The molecule has 1 saturated heterocycles. The van der Waals surface area contributed by atoms with Crippen molar-refractivity contribution in [1.82, 2.24) is 0 Å². The molecule has 0 saturated carbocycles. The fraction of sp³-hybridized carbons (Fsp3) is 1.00. The van der Waals surface area contributed by atoms with Crippen LogP contribution in [-0.2, 0) is 0 Å². The van der Waals surface area contributed by atoms with E-state index in [0.717, 1.165) is 34.7 Å². The Balaban J connectivity index is 2.45. The molecule has 0 amide bonds. The van der Waals surface area contributed by atoms with Crippen LogP contribution in [0.15, 0.2) is 0 Å². The van der Waals surface area contributed by atoms with Crippen molar-refractivity contribution >= 4 is 69.6 Å². The monoisotopic (exact) mass is 282 g/mol. The molecule has 0 spiro atoms. The summed E-state index contributed by atoms with van der Waals surface area (Å²) in [5, 5.41) is 0. The highest BCUT2D eigenvalue weighted by atomic mass is 30.1. The van der Waals surface area contributed by atoms with E-state index in [1.807, 2.05) is 0 Å². The summed E-state index contributed by atoms with van der Waals surface area (Å²) >= 11 is 0. The van der Waals surface area contributed by atoms with Gasteiger partial charge in [-0.05, 0) is 35.9 Å². The Morgan fingerprint density at radius 1 is 1.36 bits per heavy atom. The van der Waals surface area contributed by atoms with E-state index in [4.69, 9.17) is 0 Å². The van der Waals surface area contributed by atoms with Crippen molar-refractivity contribution in [2.24, 2.45) is 0 Å². The first-order chi connectivity index (χ1) is 5.16. The molecular formula is C3H22Si8. The molecule has 8 heteroatoms. The lowest BCUT2D eigenvalue weighted by molar-refractivity contribution is 1.88. The summed E-state index contributed by atoms with van der Waals surface area (Å²) in [7, 11) is 6.04. The molecule has 0 bridgehead atoms. The quantitative estimate of drug-likeness (QED) is 0.421. The Bertz CT molecular complexity index is 127. The zero-order valence-electron chi connectivity index (χ0n) is 8.32. The van der Waals surface area contributed by atoms with Crippen LogP contribution in [-0.4, -0.2) is 69.6 Å². The van der Waals surface area contributed by atoms with E-state index in [-0.39, 0.29) is 6.63 Å². The maximum Gasteiger partial charge on any atom is 0.00800 e. The van der Waals surface area contributed by atoms with Gasteiger partial charge in [0.2, 0.25) is 0 Å². The lowest BCUT2D eigenvalue weighted by atomic mass is 11.8. The molecule has 0 aliphatic carbocycles. The van der Waals surface area contributed by atoms with Crippen molar-refractivity contribution in [2.75, 3.05) is 0 Å². The van der Waals surface area contributed by atoms with Crippen LogP contribution in [0.5, 0.6) is 0 Å². The van der Waals surface area contributed by atoms with Gasteiger partial charge in [-0.15, -0.1) is 0 Å². The molecule has 1 rings (SSSR count). The average molecular weight is 283 g/mol. The zero-order valence-corrected chi connectivity index (χ0v) is 19.8. The lowest BCUT2D eigenvalue weighted by Crippen LogP contribution is -2.54. The summed E-state index contributed by atoms with van der Waals surface area (Å²) in [5.74, 6) is 0. The van der Waals surface area contributed by atoms with Gasteiger partial charge in [0.1, 0.15) is 0 Å². The van der Waals surface area contributed by atoms with Gasteiger partial charge < -0.3 is 0 Å². The van der Waals surface area contributed by atoms with Crippen LogP contribution in [0.4, 0.5) is 0 Å². The molecule has 0 aromatic rings. The number of rotatable bonds is 1. The molecule has 1 aliphatic rings. The highest BCUT2D eigenvalue weighted by Gasteiger charge is 2.28. The van der Waals surface area contributed by atoms with Crippen molar-refractivity contribution in [1.29, 1.82) is 0 Å². The van der Waals surface area contributed by atoms with Crippen LogP contribution < -0.4 is 0 Å². The maximum absolute atomic E-state index is 2.89. The van der Waals surface area contributed by atoms with Crippen LogP contribution in [0, 0.1) is 0 Å². The third-order valence-corrected chi connectivity index (χ3v) is 138. The molecule has 0 aromatic carbocycles. The highest BCUT2D eigenvalue weighted by Crippen LogP contribution is 2.03. The van der Waals surface area contributed by atoms with Gasteiger partial charge >= 0.3 is 0 Å². The van der Waals surface area contributed by atoms with E-state index in [0.29, 0.717) is 18.1 Å². The first kappa shape index (κ1) is 10.8. The lowest BCUT2D eigenvalue weighted by Gasteiger charge is -2.22. The Labute approximate surface area is 87.2 Å². The number of hydrogen-bond acceptors (Lipinski definition) is 0. The standard InChI is InChI=1S/C3H22Si8/c1-5-11(2)9-7-3(4)6-8-10-11/h3H,5-10H2,1-2,4H3. The summed E-state index contributed by atoms with van der Waals surface area (Å²) in [5.41, 5.74) is 0. The molecule has 0 nitrogen and oxygen atoms in total. The molecule has 0 radical (unpaired) electrons. The van der Waals surface area contributed by atoms with Crippen molar-refractivity contribution in [2.45, 2.75) is 17.9 Å². The Kier molecular flexibility index (Phi) is 4.75. The summed E-state index contributed by atoms with van der Waals surface area (Å²) in [6, 6.07) is 0. The van der Waals surface area contributed by atoms with E-state index in [2.05, 4.69) is 13.1 Å². The predicted molar refractivity (Wildman–Crippen MR) is 82.4 cm³/mol. The molecule has 66 valence electrons. The second-order valence-corrected chi connectivity index (χ2v) is 71.2. The summed E-state index contributed by atoms with van der Waals surface area (Å²) in [6.45, 7) is 5.47. The second-order valence-electron chi connectivity index (χ2n) is 4.70. The molecule has 1 heterocycles. The van der Waals surface area contributed by atoms with Crippen molar-refractivity contribution in [3.8, 4) is 0 Å². The van der Waals surface area contributed by atoms with Gasteiger partial charge in [-0.25, -0.2) is 0 Å². The van der Waals surface area contributed by atoms with Gasteiger partial charge in [-0.2, -0.15) is 0 Å². The van der Waals surface area contributed by atoms with Crippen LogP contribution in [0.1, 0.15) is 0 Å². The third kappa shape index (κ3) is 3.54. The van der Waals surface area contributed by atoms with Gasteiger partial charge in [0.05, 0.1) is 0 Å². The van der Waals surface area contributed by atoms with Crippen molar-refractivity contribution in [3.05, 3.63) is 0 Å². The molecule has 2 atom stereocenters. The summed E-state index contributed by atoms with van der Waals surface area (Å²) in [6.07, 6.45) is 0. The zero-order chi connectivity index (χ0) is 8.32. The molecule has 0 N–H and O–H groups in total. The summed E-state index contributed by atoms with van der Waals surface area (Å²) < 4.78 is 0. The maximum atomic E-state index is 2.89. The minimum absolute atomic E-state index is 0.106. The minimum atomic E-state index is -0.106. The van der Waals surface area contributed by atoms with E-state index >= 15 is 0 Å². The molecular weight excluding hydrogens is 261 g/mol. The smallest absolute Gasteiger partial charge is 0.00800 e. The van der Waals surface area contributed by atoms with Gasteiger partial charge in [0.25, 0.3) is 0 Å². The normalized spacial score (nSPS) is 52.4. The van der Waals surface area contributed by atoms with Crippen LogP contribution in [0.2, 0.25) is 17.9 Å². The van der Waals surface area contributed by atoms with E-state index in [1.54, 1.807) is 15.0 Å².